The van der Waals surface area contributed by atoms with E-state index in [9.17, 15) is 13.2 Å². The fourth-order valence-electron chi connectivity index (χ4n) is 3.63. The Morgan fingerprint density at radius 3 is 2.67 bits per heavy atom. The second kappa shape index (κ2) is 8.73. The van der Waals surface area contributed by atoms with E-state index in [0.717, 1.165) is 0 Å². The number of imidazole rings is 1. The maximum absolute atomic E-state index is 13.2. The molecule has 164 valence electrons. The zero-order valence-electron chi connectivity index (χ0n) is 17.8. The lowest BCUT2D eigenvalue weighted by Gasteiger charge is -2.40. The van der Waals surface area contributed by atoms with E-state index >= 15 is 0 Å². The van der Waals surface area contributed by atoms with Crippen molar-refractivity contribution < 1.29 is 17.9 Å². The van der Waals surface area contributed by atoms with Gasteiger partial charge in [0.15, 0.2) is 5.03 Å². The lowest BCUT2D eigenvalue weighted by atomic mass is 9.77. The van der Waals surface area contributed by atoms with E-state index in [0.29, 0.717) is 37.4 Å². The Hall–Kier alpha value is -2.46. The van der Waals surface area contributed by atoms with Gasteiger partial charge in [0.1, 0.15) is 11.6 Å². The molecule has 3 heterocycles. The minimum atomic E-state index is -3.76. The quantitative estimate of drug-likeness (QED) is 0.716. The summed E-state index contributed by atoms with van der Waals surface area (Å²) in [7, 11) is -2.04. The molecule has 1 unspecified atom stereocenters. The van der Waals surface area contributed by atoms with E-state index < -0.39 is 15.4 Å². The topological polar surface area (TPSA) is 106 Å². The number of piperidine rings is 1. The molecule has 0 aliphatic carbocycles. The van der Waals surface area contributed by atoms with Crippen LogP contribution < -0.4 is 10.1 Å². The molecule has 2 aromatic heterocycles. The van der Waals surface area contributed by atoms with Gasteiger partial charge in [-0.25, -0.2) is 18.4 Å². The zero-order valence-corrected chi connectivity index (χ0v) is 18.6. The van der Waals surface area contributed by atoms with Gasteiger partial charge in [-0.15, -0.1) is 0 Å². The number of hydrogen-bond donors (Lipinski definition) is 1. The fourth-order valence-corrected chi connectivity index (χ4v) is 5.16. The molecule has 1 fully saturated rings. The predicted octanol–water partition coefficient (Wildman–Crippen LogP) is 2.42. The van der Waals surface area contributed by atoms with Gasteiger partial charge in [-0.3, -0.25) is 4.79 Å². The summed E-state index contributed by atoms with van der Waals surface area (Å²) in [5, 5.41) is 2.85. The number of amides is 1. The van der Waals surface area contributed by atoms with Crippen molar-refractivity contribution in [3.63, 3.8) is 0 Å². The summed E-state index contributed by atoms with van der Waals surface area (Å²) in [6, 6.07) is 3.43. The molecule has 10 heteroatoms. The predicted molar refractivity (Wildman–Crippen MR) is 113 cm³/mol. The molecule has 0 bridgehead atoms. The number of ether oxygens (including phenoxy) is 1. The molecule has 0 saturated carbocycles. The smallest absolute Gasteiger partial charge is 0.262 e. The average molecular weight is 436 g/mol. The molecule has 1 aliphatic heterocycles. The van der Waals surface area contributed by atoms with Crippen LogP contribution in [0.5, 0.6) is 5.75 Å². The molecule has 2 aromatic rings. The van der Waals surface area contributed by atoms with Gasteiger partial charge in [0, 0.05) is 26.3 Å². The summed E-state index contributed by atoms with van der Waals surface area (Å²) in [6.07, 6.45) is 6.25. The standard InChI is InChI=1S/C20H29N5O4S/c1-5-20(19(26)23-17-8-7-16(11-21-17)29-15(2)3)9-6-10-25(13-20)30(27,28)18-12-24(4)14-22-18/h7-8,11-12,14-15H,5-6,9-10,13H2,1-4H3,(H,21,23,26). The van der Waals surface area contributed by atoms with Gasteiger partial charge < -0.3 is 14.6 Å². The number of hydrogen-bond acceptors (Lipinski definition) is 6. The molecule has 1 aliphatic rings. The summed E-state index contributed by atoms with van der Waals surface area (Å²) in [5.74, 6) is 0.808. The largest absolute Gasteiger partial charge is 0.489 e. The highest BCUT2D eigenvalue weighted by atomic mass is 32.2. The van der Waals surface area contributed by atoms with Crippen LogP contribution in [0.25, 0.3) is 0 Å². The molecular formula is C20H29N5O4S. The summed E-state index contributed by atoms with van der Waals surface area (Å²) < 4.78 is 34.5. The molecule has 3 rings (SSSR count). The van der Waals surface area contributed by atoms with Crippen LogP contribution in [0.15, 0.2) is 35.9 Å². The average Bonchev–Trinajstić information content (AvgIpc) is 3.16. The van der Waals surface area contributed by atoms with Crippen molar-refractivity contribution >= 4 is 21.7 Å². The lowest BCUT2D eigenvalue weighted by Crippen LogP contribution is -2.51. The molecule has 1 atom stereocenters. The molecule has 9 nitrogen and oxygen atoms in total. The normalized spacial score (nSPS) is 20.3. The Morgan fingerprint density at radius 2 is 2.10 bits per heavy atom. The Balaban J connectivity index is 1.76. The van der Waals surface area contributed by atoms with Crippen molar-refractivity contribution in [2.24, 2.45) is 12.5 Å². The maximum atomic E-state index is 13.2. The number of pyridine rings is 1. The van der Waals surface area contributed by atoms with Crippen LogP contribution in [0.2, 0.25) is 0 Å². The Kier molecular flexibility index (Phi) is 6.47. The highest BCUT2D eigenvalue weighted by molar-refractivity contribution is 7.89. The van der Waals surface area contributed by atoms with Crippen molar-refractivity contribution in [3.05, 3.63) is 30.9 Å². The van der Waals surface area contributed by atoms with Gasteiger partial charge in [-0.2, -0.15) is 4.31 Å². The molecule has 0 radical (unpaired) electrons. The van der Waals surface area contributed by atoms with Crippen LogP contribution in [0.3, 0.4) is 0 Å². The SMILES string of the molecule is CCC1(C(=O)Nc2ccc(OC(C)C)cn2)CCCN(S(=O)(=O)c2cn(C)cn2)C1. The first kappa shape index (κ1) is 22.2. The zero-order chi connectivity index (χ0) is 21.9. The summed E-state index contributed by atoms with van der Waals surface area (Å²) in [6.45, 7) is 6.24. The molecule has 1 amide bonds. The van der Waals surface area contributed by atoms with E-state index in [4.69, 9.17) is 4.74 Å². The van der Waals surface area contributed by atoms with E-state index in [1.54, 1.807) is 29.9 Å². The summed E-state index contributed by atoms with van der Waals surface area (Å²) in [4.78, 5) is 21.4. The minimum Gasteiger partial charge on any atom is -0.489 e. The second-order valence-electron chi connectivity index (χ2n) is 7.95. The van der Waals surface area contributed by atoms with Crippen molar-refractivity contribution in [2.45, 2.75) is 51.2 Å². The molecule has 0 spiro atoms. The van der Waals surface area contributed by atoms with E-state index in [-0.39, 0.29) is 23.6 Å². The van der Waals surface area contributed by atoms with E-state index in [1.807, 2.05) is 20.8 Å². The molecule has 1 saturated heterocycles. The Bertz CT molecular complexity index is 987. The number of nitrogens with one attached hydrogen (secondary N) is 1. The third kappa shape index (κ3) is 4.65. The van der Waals surface area contributed by atoms with Crippen molar-refractivity contribution in [2.75, 3.05) is 18.4 Å². The first-order valence-electron chi connectivity index (χ1n) is 10.1. The number of sulfonamides is 1. The molecule has 0 aromatic carbocycles. The van der Waals surface area contributed by atoms with Gasteiger partial charge in [0.2, 0.25) is 5.91 Å². The lowest BCUT2D eigenvalue weighted by molar-refractivity contribution is -0.128. The highest BCUT2D eigenvalue weighted by Crippen LogP contribution is 2.36. The van der Waals surface area contributed by atoms with Crippen LogP contribution in [0.1, 0.15) is 40.0 Å². The van der Waals surface area contributed by atoms with Crippen molar-refractivity contribution in [3.8, 4) is 5.75 Å². The van der Waals surface area contributed by atoms with Gasteiger partial charge in [-0.1, -0.05) is 6.92 Å². The third-order valence-corrected chi connectivity index (χ3v) is 7.07. The van der Waals surface area contributed by atoms with Crippen LogP contribution >= 0.6 is 0 Å². The summed E-state index contributed by atoms with van der Waals surface area (Å²) >= 11 is 0. The second-order valence-corrected chi connectivity index (χ2v) is 9.84. The van der Waals surface area contributed by atoms with Crippen LogP contribution in [0, 0.1) is 5.41 Å². The third-order valence-electron chi connectivity index (χ3n) is 5.34. The van der Waals surface area contributed by atoms with E-state index in [1.165, 1.54) is 16.8 Å². The number of carbonyl (C=O) groups excluding carboxylic acids is 1. The minimum absolute atomic E-state index is 0.000260. The van der Waals surface area contributed by atoms with Crippen molar-refractivity contribution in [1.29, 1.82) is 0 Å². The fraction of sp³-hybridized carbons (Fsp3) is 0.550. The number of rotatable bonds is 7. The first-order valence-corrected chi connectivity index (χ1v) is 11.5. The highest BCUT2D eigenvalue weighted by Gasteiger charge is 2.44. The van der Waals surface area contributed by atoms with Gasteiger partial charge in [-0.05, 0) is 45.2 Å². The van der Waals surface area contributed by atoms with Crippen LogP contribution in [-0.4, -0.2) is 52.4 Å². The van der Waals surface area contributed by atoms with Gasteiger partial charge >= 0.3 is 0 Å². The maximum Gasteiger partial charge on any atom is 0.262 e. The number of carbonyl (C=O) groups is 1. The number of aryl methyl sites for hydroxylation is 1. The van der Waals surface area contributed by atoms with Crippen molar-refractivity contribution in [1.82, 2.24) is 18.8 Å². The van der Waals surface area contributed by atoms with Gasteiger partial charge in [0.25, 0.3) is 10.0 Å². The molecule has 30 heavy (non-hydrogen) atoms. The Morgan fingerprint density at radius 1 is 1.33 bits per heavy atom. The monoisotopic (exact) mass is 435 g/mol. The first-order chi connectivity index (χ1) is 14.2. The molecular weight excluding hydrogens is 406 g/mol. The number of anilines is 1. The summed E-state index contributed by atoms with van der Waals surface area (Å²) in [5.41, 5.74) is -0.825. The van der Waals surface area contributed by atoms with Crippen LogP contribution in [-0.2, 0) is 21.9 Å². The Labute approximate surface area is 177 Å². The van der Waals surface area contributed by atoms with E-state index in [2.05, 4.69) is 15.3 Å². The molecule has 1 N–H and O–H groups in total. The van der Waals surface area contributed by atoms with Gasteiger partial charge in [0.05, 0.1) is 24.0 Å². The number of nitrogens with zero attached hydrogens (tertiary/aromatic N) is 4. The van der Waals surface area contributed by atoms with Crippen LogP contribution in [0.4, 0.5) is 5.82 Å². The number of aromatic nitrogens is 3.